The van der Waals surface area contributed by atoms with E-state index in [1.807, 2.05) is 16.9 Å². The molecule has 0 radical (unpaired) electrons. The summed E-state index contributed by atoms with van der Waals surface area (Å²) < 4.78 is 7.38. The van der Waals surface area contributed by atoms with Crippen LogP contribution >= 0.6 is 0 Å². The number of carbonyl (C=O) groups is 1. The molecule has 5 aromatic rings. The highest BCUT2D eigenvalue weighted by molar-refractivity contribution is 5.92. The van der Waals surface area contributed by atoms with Gasteiger partial charge in [0.15, 0.2) is 5.65 Å². The van der Waals surface area contributed by atoms with Gasteiger partial charge in [-0.2, -0.15) is 10.1 Å². The number of nitrogens with zero attached hydrogens (tertiary/aromatic N) is 6. The van der Waals surface area contributed by atoms with Crippen LogP contribution in [0.3, 0.4) is 0 Å². The number of rotatable bonds is 6. The second kappa shape index (κ2) is 9.94. The highest BCUT2D eigenvalue weighted by Gasteiger charge is 2.45. The highest BCUT2D eigenvalue weighted by atomic mass is 16.5. The molecule has 1 saturated carbocycles. The van der Waals surface area contributed by atoms with Crippen LogP contribution in [0, 0.1) is 6.92 Å². The van der Waals surface area contributed by atoms with Gasteiger partial charge in [-0.25, -0.2) is 9.97 Å². The lowest BCUT2D eigenvalue weighted by atomic mass is 9.85. The highest BCUT2D eigenvalue weighted by Crippen LogP contribution is 2.46. The smallest absolute Gasteiger partial charge is 0.293 e. The summed E-state index contributed by atoms with van der Waals surface area (Å²) in [6.45, 7) is 8.38. The number of pyridine rings is 1. The van der Waals surface area contributed by atoms with Gasteiger partial charge in [0.2, 0.25) is 5.89 Å². The molecular formula is C31H36N8O2. The molecule has 0 bridgehead atoms. The number of aryl methyl sites for hydroxylation is 1. The van der Waals surface area contributed by atoms with E-state index in [4.69, 9.17) is 9.51 Å². The van der Waals surface area contributed by atoms with Gasteiger partial charge in [0, 0.05) is 28.9 Å². The van der Waals surface area contributed by atoms with Crippen molar-refractivity contribution < 1.29 is 9.32 Å². The van der Waals surface area contributed by atoms with Crippen LogP contribution in [0.1, 0.15) is 99.3 Å². The van der Waals surface area contributed by atoms with E-state index >= 15 is 0 Å². The van der Waals surface area contributed by atoms with Gasteiger partial charge in [0.25, 0.3) is 11.7 Å². The summed E-state index contributed by atoms with van der Waals surface area (Å²) in [6, 6.07) is 8.66. The molecule has 0 spiro atoms. The number of carbonyl (C=O) groups excluding carboxylic acids is 1. The van der Waals surface area contributed by atoms with Crippen LogP contribution in [-0.2, 0) is 11.8 Å². The molecule has 0 unspecified atom stereocenters. The first kappa shape index (κ1) is 26.9. The van der Waals surface area contributed by atoms with E-state index in [1.54, 1.807) is 6.20 Å². The SMILES string of the molecule is C.Cc1c(-c2nc3nccc(-c4ccc5c(c4)CCC[C@@H]5NC(=O)c4noc(C5(C)CC5)n4)c3[nH]2)cnn1C(C)C. The maximum Gasteiger partial charge on any atom is 0.293 e. The van der Waals surface area contributed by atoms with Crippen LogP contribution in [0.5, 0.6) is 0 Å². The fourth-order valence-electron chi connectivity index (χ4n) is 5.77. The molecule has 4 heterocycles. The van der Waals surface area contributed by atoms with Gasteiger partial charge in [0.05, 0.1) is 23.3 Å². The van der Waals surface area contributed by atoms with Gasteiger partial charge >= 0.3 is 0 Å². The van der Waals surface area contributed by atoms with E-state index in [0.717, 1.165) is 71.4 Å². The van der Waals surface area contributed by atoms with Crippen LogP contribution in [-0.4, -0.2) is 40.8 Å². The number of aromatic amines is 1. The van der Waals surface area contributed by atoms with Crippen LogP contribution in [0.25, 0.3) is 33.7 Å². The standard InChI is InChI=1S/C30H32N8O2.CH4/c1-16(2)38-17(3)22(15-32-38)25-34-24-21(10-13-31-26(24)35-25)19-8-9-20-18(14-19)6-5-7-23(20)33-28(39)27-36-29(40-37-27)30(4)11-12-30;/h8-10,13-16,23H,5-7,11-12H2,1-4H3,(H,33,39)(H,31,34,35);1H4/t23-;/m0./s1. The van der Waals surface area contributed by atoms with E-state index in [0.29, 0.717) is 11.5 Å². The van der Waals surface area contributed by atoms with Crippen molar-refractivity contribution in [3.63, 3.8) is 0 Å². The largest absolute Gasteiger partial charge is 0.342 e. The Kier molecular flexibility index (Phi) is 6.51. The summed E-state index contributed by atoms with van der Waals surface area (Å²) in [7, 11) is 0. The summed E-state index contributed by atoms with van der Waals surface area (Å²) in [5, 5.41) is 11.6. The lowest BCUT2D eigenvalue weighted by Crippen LogP contribution is -2.31. The Hall–Kier alpha value is -4.34. The number of hydrogen-bond acceptors (Lipinski definition) is 7. The number of imidazole rings is 1. The van der Waals surface area contributed by atoms with Gasteiger partial charge in [-0.3, -0.25) is 9.48 Å². The molecule has 0 aliphatic heterocycles. The van der Waals surface area contributed by atoms with Crippen molar-refractivity contribution in [2.24, 2.45) is 0 Å². The Morgan fingerprint density at radius 3 is 2.78 bits per heavy atom. The number of fused-ring (bicyclic) bond motifs is 2. The Labute approximate surface area is 239 Å². The fraction of sp³-hybridized carbons (Fsp3) is 0.419. The Bertz CT molecular complexity index is 1760. The summed E-state index contributed by atoms with van der Waals surface area (Å²) in [4.78, 5) is 30.2. The van der Waals surface area contributed by atoms with Crippen LogP contribution in [0.4, 0.5) is 0 Å². The number of hydrogen-bond donors (Lipinski definition) is 2. The number of nitrogens with one attached hydrogen (secondary N) is 2. The number of H-pyrrole nitrogens is 1. The van der Waals surface area contributed by atoms with Crippen molar-refractivity contribution in [2.75, 3.05) is 0 Å². The molecule has 10 nitrogen and oxygen atoms in total. The topological polar surface area (TPSA) is 127 Å². The number of amides is 1. The van der Waals surface area contributed by atoms with Gasteiger partial charge in [-0.1, -0.05) is 37.7 Å². The molecule has 2 aliphatic rings. The first-order valence-corrected chi connectivity index (χ1v) is 14.0. The normalized spacial score (nSPS) is 17.3. The molecule has 4 aromatic heterocycles. The second-order valence-corrected chi connectivity index (χ2v) is 11.6. The molecule has 1 amide bonds. The lowest BCUT2D eigenvalue weighted by molar-refractivity contribution is 0.0919. The zero-order valence-electron chi connectivity index (χ0n) is 23.2. The lowest BCUT2D eigenvalue weighted by Gasteiger charge is -2.26. The molecule has 10 heteroatoms. The van der Waals surface area contributed by atoms with Gasteiger partial charge < -0.3 is 14.8 Å². The molecule has 1 atom stereocenters. The van der Waals surface area contributed by atoms with Gasteiger partial charge in [0.1, 0.15) is 5.82 Å². The number of aromatic nitrogens is 7. The van der Waals surface area contributed by atoms with E-state index in [-0.39, 0.29) is 36.7 Å². The predicted molar refractivity (Wildman–Crippen MR) is 156 cm³/mol. The van der Waals surface area contributed by atoms with E-state index in [2.05, 4.69) is 76.4 Å². The van der Waals surface area contributed by atoms with Crippen molar-refractivity contribution in [1.82, 2.24) is 40.2 Å². The fourth-order valence-corrected chi connectivity index (χ4v) is 5.77. The minimum Gasteiger partial charge on any atom is -0.342 e. The summed E-state index contributed by atoms with van der Waals surface area (Å²) >= 11 is 0. The van der Waals surface area contributed by atoms with E-state index < -0.39 is 0 Å². The molecule has 0 saturated heterocycles. The molecule has 2 aliphatic carbocycles. The van der Waals surface area contributed by atoms with E-state index in [1.165, 1.54) is 5.56 Å². The predicted octanol–water partition coefficient (Wildman–Crippen LogP) is 6.26. The van der Waals surface area contributed by atoms with Crippen molar-refractivity contribution >= 4 is 17.1 Å². The maximum absolute atomic E-state index is 13.0. The van der Waals surface area contributed by atoms with Crippen LogP contribution < -0.4 is 5.32 Å². The number of benzene rings is 1. The third-order valence-corrected chi connectivity index (χ3v) is 8.40. The zero-order chi connectivity index (χ0) is 27.6. The Morgan fingerprint density at radius 2 is 2.02 bits per heavy atom. The molecule has 41 heavy (non-hydrogen) atoms. The molecule has 1 aromatic carbocycles. The van der Waals surface area contributed by atoms with E-state index in [9.17, 15) is 4.79 Å². The first-order chi connectivity index (χ1) is 19.3. The third-order valence-electron chi connectivity index (χ3n) is 8.40. The average Bonchev–Trinajstić information content (AvgIpc) is 3.33. The minimum atomic E-state index is -0.293. The van der Waals surface area contributed by atoms with Gasteiger partial charge in [-0.05, 0) is 75.6 Å². The van der Waals surface area contributed by atoms with Crippen LogP contribution in [0.15, 0.2) is 41.2 Å². The second-order valence-electron chi connectivity index (χ2n) is 11.6. The minimum absolute atomic E-state index is 0. The molecular weight excluding hydrogens is 516 g/mol. The Morgan fingerprint density at radius 1 is 1.20 bits per heavy atom. The van der Waals surface area contributed by atoms with Crippen LogP contribution in [0.2, 0.25) is 0 Å². The molecule has 2 N–H and O–H groups in total. The quantitative estimate of drug-likeness (QED) is 0.255. The monoisotopic (exact) mass is 552 g/mol. The molecule has 1 fully saturated rings. The Balaban J connectivity index is 0.00000302. The van der Waals surface area contributed by atoms with Gasteiger partial charge in [-0.15, -0.1) is 0 Å². The third kappa shape index (κ3) is 4.61. The average molecular weight is 553 g/mol. The summed E-state index contributed by atoms with van der Waals surface area (Å²) in [5.41, 5.74) is 8.03. The molecule has 7 rings (SSSR count). The van der Waals surface area contributed by atoms with Crippen molar-refractivity contribution in [3.05, 3.63) is 65.2 Å². The first-order valence-electron chi connectivity index (χ1n) is 14.0. The van der Waals surface area contributed by atoms with Crippen molar-refractivity contribution in [1.29, 1.82) is 0 Å². The zero-order valence-corrected chi connectivity index (χ0v) is 23.2. The summed E-state index contributed by atoms with van der Waals surface area (Å²) in [5.74, 6) is 1.13. The molecule has 212 valence electrons. The maximum atomic E-state index is 13.0. The van der Waals surface area contributed by atoms with Crippen molar-refractivity contribution in [2.45, 2.75) is 84.7 Å². The summed E-state index contributed by atoms with van der Waals surface area (Å²) in [6.07, 6.45) is 8.50. The van der Waals surface area contributed by atoms with Crippen molar-refractivity contribution in [3.8, 4) is 22.5 Å².